The van der Waals surface area contributed by atoms with Crippen molar-refractivity contribution in [1.29, 1.82) is 0 Å². The molecule has 3 N–H and O–H groups in total. The van der Waals surface area contributed by atoms with E-state index >= 15 is 0 Å². The van der Waals surface area contributed by atoms with Crippen molar-refractivity contribution >= 4 is 39.3 Å². The van der Waals surface area contributed by atoms with E-state index in [1.54, 1.807) is 11.8 Å². The predicted molar refractivity (Wildman–Crippen MR) is 75.1 cm³/mol. The van der Waals surface area contributed by atoms with Gasteiger partial charge in [0, 0.05) is 21.6 Å². The molecule has 1 amide bonds. The maximum Gasteiger partial charge on any atom is 0.233 e. The summed E-state index contributed by atoms with van der Waals surface area (Å²) in [6, 6.07) is 5.78. The zero-order chi connectivity index (χ0) is 12.3. The second kappa shape index (κ2) is 5.78. The number of nitrogens with one attached hydrogen (secondary N) is 1. The molecule has 0 bridgehead atoms. The zero-order valence-corrected chi connectivity index (χ0v) is 11.8. The highest BCUT2D eigenvalue weighted by Gasteiger charge is 2.22. The summed E-state index contributed by atoms with van der Waals surface area (Å²) >= 11 is 4.94. The van der Waals surface area contributed by atoms with E-state index in [-0.39, 0.29) is 11.2 Å². The van der Waals surface area contributed by atoms with Crippen molar-refractivity contribution in [1.82, 2.24) is 5.32 Å². The second-order valence-electron chi connectivity index (χ2n) is 4.08. The van der Waals surface area contributed by atoms with Crippen molar-refractivity contribution in [2.45, 2.75) is 29.4 Å². The molecule has 1 aromatic rings. The largest absolute Gasteiger partial charge is 0.398 e. The molecule has 1 fully saturated rings. The highest BCUT2D eigenvalue weighted by molar-refractivity contribution is 9.10. The quantitative estimate of drug-likeness (QED) is 0.825. The van der Waals surface area contributed by atoms with Crippen molar-refractivity contribution < 1.29 is 4.79 Å². The summed E-state index contributed by atoms with van der Waals surface area (Å²) in [7, 11) is 0. The van der Waals surface area contributed by atoms with E-state index in [2.05, 4.69) is 21.2 Å². The first-order valence-electron chi connectivity index (χ1n) is 5.66. The molecule has 0 aliphatic carbocycles. The van der Waals surface area contributed by atoms with Gasteiger partial charge < -0.3 is 11.1 Å². The third-order valence-corrected chi connectivity index (χ3v) is 4.58. The Morgan fingerprint density at radius 1 is 1.41 bits per heavy atom. The molecule has 0 spiro atoms. The average molecular weight is 315 g/mol. The number of halogens is 1. The first-order chi connectivity index (χ1) is 8.16. The summed E-state index contributed by atoms with van der Waals surface area (Å²) < 4.78 is 0.963. The molecule has 0 saturated carbocycles. The first-order valence-corrected chi connectivity index (χ1v) is 7.33. The molecule has 17 heavy (non-hydrogen) atoms. The van der Waals surface area contributed by atoms with E-state index in [0.29, 0.717) is 0 Å². The van der Waals surface area contributed by atoms with Crippen LogP contribution in [0.2, 0.25) is 0 Å². The van der Waals surface area contributed by atoms with Crippen molar-refractivity contribution in [3.8, 4) is 0 Å². The molecule has 92 valence electrons. The van der Waals surface area contributed by atoms with Gasteiger partial charge in [0.25, 0.3) is 0 Å². The van der Waals surface area contributed by atoms with Gasteiger partial charge in [-0.1, -0.05) is 22.4 Å². The lowest BCUT2D eigenvalue weighted by molar-refractivity contribution is -0.120. The number of amides is 1. The fourth-order valence-corrected chi connectivity index (χ4v) is 3.31. The smallest absolute Gasteiger partial charge is 0.233 e. The Kier molecular flexibility index (Phi) is 4.34. The van der Waals surface area contributed by atoms with Crippen LogP contribution in [0, 0.1) is 0 Å². The molecule has 1 aliphatic rings. The molecule has 5 heteroatoms. The number of carbonyl (C=O) groups excluding carboxylic acids is 1. The highest BCUT2D eigenvalue weighted by atomic mass is 79.9. The van der Waals surface area contributed by atoms with E-state index in [0.717, 1.165) is 40.9 Å². The zero-order valence-electron chi connectivity index (χ0n) is 9.41. The van der Waals surface area contributed by atoms with Crippen molar-refractivity contribution in [3.63, 3.8) is 0 Å². The van der Waals surface area contributed by atoms with Crippen molar-refractivity contribution in [2.75, 3.05) is 12.3 Å². The molecule has 2 rings (SSSR count). The molecule has 1 unspecified atom stereocenters. The van der Waals surface area contributed by atoms with Crippen LogP contribution in [0.25, 0.3) is 0 Å². The summed E-state index contributed by atoms with van der Waals surface area (Å²) in [5.41, 5.74) is 6.66. The van der Waals surface area contributed by atoms with Gasteiger partial charge in [0.15, 0.2) is 0 Å². The number of carbonyl (C=O) groups is 1. The van der Waals surface area contributed by atoms with Gasteiger partial charge in [0.1, 0.15) is 0 Å². The summed E-state index contributed by atoms with van der Waals surface area (Å²) in [6.07, 6.45) is 3.08. The average Bonchev–Trinajstić information content (AvgIpc) is 2.48. The van der Waals surface area contributed by atoms with Gasteiger partial charge in [0.2, 0.25) is 5.91 Å². The third-order valence-electron chi connectivity index (χ3n) is 2.73. The van der Waals surface area contributed by atoms with Gasteiger partial charge in [-0.15, -0.1) is 11.8 Å². The van der Waals surface area contributed by atoms with E-state index in [9.17, 15) is 4.79 Å². The molecule has 1 aromatic carbocycles. The van der Waals surface area contributed by atoms with E-state index in [4.69, 9.17) is 5.73 Å². The lowest BCUT2D eigenvalue weighted by Gasteiger charge is -2.14. The van der Waals surface area contributed by atoms with Gasteiger partial charge in [-0.3, -0.25) is 4.79 Å². The minimum absolute atomic E-state index is 0.0130. The number of nitrogen functional groups attached to an aromatic ring is 1. The Morgan fingerprint density at radius 2 is 2.24 bits per heavy atom. The Labute approximate surface area is 114 Å². The van der Waals surface area contributed by atoms with E-state index < -0.39 is 0 Å². The van der Waals surface area contributed by atoms with Crippen LogP contribution in [0.15, 0.2) is 27.6 Å². The van der Waals surface area contributed by atoms with Crippen LogP contribution in [-0.4, -0.2) is 17.7 Å². The van der Waals surface area contributed by atoms with Gasteiger partial charge in [-0.2, -0.15) is 0 Å². The molecule has 0 radical (unpaired) electrons. The minimum Gasteiger partial charge on any atom is -0.398 e. The summed E-state index contributed by atoms with van der Waals surface area (Å²) in [5, 5.41) is 2.92. The number of nitrogens with two attached hydrogens (primary N) is 1. The monoisotopic (exact) mass is 314 g/mol. The summed E-state index contributed by atoms with van der Waals surface area (Å²) in [4.78, 5) is 12.8. The maximum absolute atomic E-state index is 11.8. The number of hydrogen-bond acceptors (Lipinski definition) is 3. The SMILES string of the molecule is Nc1cc(Br)ccc1SC1CCCCNC1=O. The normalized spacial score (nSPS) is 20.8. The van der Waals surface area contributed by atoms with Gasteiger partial charge in [-0.05, 0) is 31.0 Å². The lowest BCUT2D eigenvalue weighted by Crippen LogP contribution is -2.30. The van der Waals surface area contributed by atoms with Crippen LogP contribution < -0.4 is 11.1 Å². The molecule has 1 atom stereocenters. The Bertz CT molecular complexity index is 425. The highest BCUT2D eigenvalue weighted by Crippen LogP contribution is 2.33. The van der Waals surface area contributed by atoms with E-state index in [1.165, 1.54) is 0 Å². The van der Waals surface area contributed by atoms with Crippen LogP contribution in [-0.2, 0) is 4.79 Å². The number of rotatable bonds is 2. The Morgan fingerprint density at radius 3 is 3.00 bits per heavy atom. The second-order valence-corrected chi connectivity index (χ2v) is 6.24. The molecule has 0 aromatic heterocycles. The van der Waals surface area contributed by atoms with Crippen LogP contribution in [0.3, 0.4) is 0 Å². The Balaban J connectivity index is 2.10. The minimum atomic E-state index is -0.0130. The third kappa shape index (κ3) is 3.39. The fraction of sp³-hybridized carbons (Fsp3) is 0.417. The van der Waals surface area contributed by atoms with Crippen molar-refractivity contribution in [2.24, 2.45) is 0 Å². The predicted octanol–water partition coefficient (Wildman–Crippen LogP) is 2.79. The Hall–Kier alpha value is -0.680. The van der Waals surface area contributed by atoms with Crippen LogP contribution >= 0.6 is 27.7 Å². The summed E-state index contributed by atoms with van der Waals surface area (Å²) in [5.74, 6) is 0.134. The van der Waals surface area contributed by atoms with Gasteiger partial charge in [0.05, 0.1) is 5.25 Å². The lowest BCUT2D eigenvalue weighted by atomic mass is 10.2. The molecule has 3 nitrogen and oxygen atoms in total. The fourth-order valence-electron chi connectivity index (χ4n) is 1.80. The summed E-state index contributed by atoms with van der Waals surface area (Å²) in [6.45, 7) is 0.797. The molecular formula is C12H15BrN2OS. The molecule has 1 aliphatic heterocycles. The number of hydrogen-bond donors (Lipinski definition) is 2. The van der Waals surface area contributed by atoms with Crippen LogP contribution in [0.5, 0.6) is 0 Å². The number of benzene rings is 1. The first kappa shape index (κ1) is 12.8. The number of anilines is 1. The van der Waals surface area contributed by atoms with Crippen LogP contribution in [0.1, 0.15) is 19.3 Å². The molecular weight excluding hydrogens is 300 g/mol. The van der Waals surface area contributed by atoms with E-state index in [1.807, 2.05) is 18.2 Å². The van der Waals surface area contributed by atoms with Gasteiger partial charge >= 0.3 is 0 Å². The van der Waals surface area contributed by atoms with Crippen LogP contribution in [0.4, 0.5) is 5.69 Å². The molecule has 1 heterocycles. The topological polar surface area (TPSA) is 55.1 Å². The van der Waals surface area contributed by atoms with Gasteiger partial charge in [-0.25, -0.2) is 0 Å². The molecule has 1 saturated heterocycles. The number of thioether (sulfide) groups is 1. The maximum atomic E-state index is 11.8. The van der Waals surface area contributed by atoms with Crippen molar-refractivity contribution in [3.05, 3.63) is 22.7 Å². The standard InChI is InChI=1S/C12H15BrN2OS/c13-8-4-5-10(9(14)7-8)17-11-3-1-2-6-15-12(11)16/h4-5,7,11H,1-3,6,14H2,(H,15,16).